The van der Waals surface area contributed by atoms with Crippen molar-refractivity contribution in [2.24, 2.45) is 11.1 Å². The maximum atomic E-state index is 5.82. The number of hydrogen-bond acceptors (Lipinski definition) is 3. The van der Waals surface area contributed by atoms with Crippen molar-refractivity contribution in [2.75, 3.05) is 32.8 Å². The Balaban J connectivity index is 1.72. The first-order valence-corrected chi connectivity index (χ1v) is 6.80. The number of halogens is 1. The molecule has 1 aromatic rings. The van der Waals surface area contributed by atoms with Crippen molar-refractivity contribution in [3.63, 3.8) is 0 Å². The summed E-state index contributed by atoms with van der Waals surface area (Å²) in [5.41, 5.74) is 6.09. The van der Waals surface area contributed by atoms with Crippen LogP contribution in [0.3, 0.4) is 0 Å². The predicted octanol–water partition coefficient (Wildman–Crippen LogP) is 2.39. The fraction of sp³-hybridized carbons (Fsp3) is 0.571. The average Bonchev–Trinajstić information content (AvgIpc) is 2.75. The quantitative estimate of drug-likeness (QED) is 0.891. The van der Waals surface area contributed by atoms with Crippen LogP contribution in [0, 0.1) is 5.41 Å². The highest BCUT2D eigenvalue weighted by atomic mass is 35.5. The van der Waals surface area contributed by atoms with Gasteiger partial charge in [0, 0.05) is 18.1 Å². The molecule has 1 atom stereocenters. The van der Waals surface area contributed by atoms with Crippen LogP contribution in [0.25, 0.3) is 0 Å². The second-order valence-electron chi connectivity index (χ2n) is 5.34. The molecule has 0 aliphatic carbocycles. The van der Waals surface area contributed by atoms with Crippen molar-refractivity contribution >= 4 is 11.6 Å². The first kappa shape index (κ1) is 13.7. The van der Waals surface area contributed by atoms with Crippen molar-refractivity contribution < 1.29 is 4.74 Å². The van der Waals surface area contributed by atoms with Gasteiger partial charge in [0.05, 0.1) is 0 Å². The van der Waals surface area contributed by atoms with Crippen LogP contribution in [-0.4, -0.2) is 37.7 Å². The minimum absolute atomic E-state index is 0.292. The van der Waals surface area contributed by atoms with Crippen LogP contribution in [0.1, 0.15) is 13.3 Å². The van der Waals surface area contributed by atoms with Gasteiger partial charge in [0.2, 0.25) is 0 Å². The second kappa shape index (κ2) is 5.91. The van der Waals surface area contributed by atoms with E-state index in [1.165, 1.54) is 6.42 Å². The summed E-state index contributed by atoms with van der Waals surface area (Å²) in [6, 6.07) is 7.49. The molecule has 1 aliphatic heterocycles. The van der Waals surface area contributed by atoms with Crippen LogP contribution in [0.15, 0.2) is 24.3 Å². The van der Waals surface area contributed by atoms with Gasteiger partial charge in [-0.05, 0) is 49.2 Å². The number of ether oxygens (including phenoxy) is 1. The topological polar surface area (TPSA) is 38.5 Å². The highest BCUT2D eigenvalue weighted by molar-refractivity contribution is 6.30. The van der Waals surface area contributed by atoms with E-state index in [9.17, 15) is 0 Å². The van der Waals surface area contributed by atoms with Gasteiger partial charge in [0.15, 0.2) is 0 Å². The van der Waals surface area contributed by atoms with Gasteiger partial charge < -0.3 is 10.5 Å². The average molecular weight is 269 g/mol. The van der Waals surface area contributed by atoms with Crippen LogP contribution >= 0.6 is 11.6 Å². The molecule has 0 bridgehead atoms. The Kier molecular flexibility index (Phi) is 4.49. The number of hydrogen-bond donors (Lipinski definition) is 1. The van der Waals surface area contributed by atoms with Crippen molar-refractivity contribution in [1.82, 2.24) is 4.90 Å². The minimum atomic E-state index is 0.292. The van der Waals surface area contributed by atoms with Crippen molar-refractivity contribution in [1.29, 1.82) is 0 Å². The number of likely N-dealkylation sites (tertiary alicyclic amines) is 1. The summed E-state index contributed by atoms with van der Waals surface area (Å²) in [6.07, 6.45) is 1.18. The van der Waals surface area contributed by atoms with Crippen LogP contribution in [0.2, 0.25) is 5.02 Å². The third-order valence-electron chi connectivity index (χ3n) is 3.62. The summed E-state index contributed by atoms with van der Waals surface area (Å²) in [5, 5.41) is 0.737. The summed E-state index contributed by atoms with van der Waals surface area (Å²) >= 11 is 5.82. The van der Waals surface area contributed by atoms with Crippen molar-refractivity contribution in [3.8, 4) is 5.75 Å². The molecule has 1 fully saturated rings. The Morgan fingerprint density at radius 2 is 2.11 bits per heavy atom. The van der Waals surface area contributed by atoms with Gasteiger partial charge >= 0.3 is 0 Å². The fourth-order valence-corrected chi connectivity index (χ4v) is 2.43. The molecule has 3 nitrogen and oxygen atoms in total. The first-order valence-electron chi connectivity index (χ1n) is 6.42. The molecule has 1 aromatic carbocycles. The maximum absolute atomic E-state index is 5.82. The lowest BCUT2D eigenvalue weighted by Gasteiger charge is -2.22. The molecular formula is C14H21ClN2O. The molecule has 4 heteroatoms. The highest BCUT2D eigenvalue weighted by Gasteiger charge is 2.31. The van der Waals surface area contributed by atoms with Gasteiger partial charge in [-0.3, -0.25) is 4.90 Å². The standard InChI is InChI=1S/C14H21ClN2O/c1-14(10-16)6-7-17(11-14)8-9-18-13-4-2-12(15)3-5-13/h2-5H,6-11,16H2,1H3. The van der Waals surface area contributed by atoms with Gasteiger partial charge in [-0.1, -0.05) is 18.5 Å². The lowest BCUT2D eigenvalue weighted by molar-refractivity contribution is 0.219. The number of nitrogens with two attached hydrogens (primary N) is 1. The third kappa shape index (κ3) is 3.61. The summed E-state index contributed by atoms with van der Waals surface area (Å²) in [4.78, 5) is 2.42. The summed E-state index contributed by atoms with van der Waals surface area (Å²) in [6.45, 7) is 6.89. The fourth-order valence-electron chi connectivity index (χ4n) is 2.31. The smallest absolute Gasteiger partial charge is 0.119 e. The summed E-state index contributed by atoms with van der Waals surface area (Å²) in [5.74, 6) is 0.875. The summed E-state index contributed by atoms with van der Waals surface area (Å²) < 4.78 is 5.69. The van der Waals surface area contributed by atoms with E-state index in [1.807, 2.05) is 24.3 Å². The molecule has 1 unspecified atom stereocenters. The van der Waals surface area contributed by atoms with E-state index < -0.39 is 0 Å². The Labute approximate surface area is 114 Å². The zero-order chi connectivity index (χ0) is 13.0. The highest BCUT2D eigenvalue weighted by Crippen LogP contribution is 2.28. The molecule has 0 radical (unpaired) electrons. The molecule has 2 rings (SSSR count). The molecule has 1 aliphatic rings. The second-order valence-corrected chi connectivity index (χ2v) is 5.78. The summed E-state index contributed by atoms with van der Waals surface area (Å²) in [7, 11) is 0. The monoisotopic (exact) mass is 268 g/mol. The Morgan fingerprint density at radius 1 is 1.39 bits per heavy atom. The van der Waals surface area contributed by atoms with Gasteiger partial charge in [-0.2, -0.15) is 0 Å². The van der Waals surface area contributed by atoms with Crippen LogP contribution in [0.4, 0.5) is 0 Å². The number of rotatable bonds is 5. The lowest BCUT2D eigenvalue weighted by Crippen LogP contribution is -2.33. The molecule has 100 valence electrons. The molecule has 18 heavy (non-hydrogen) atoms. The predicted molar refractivity (Wildman–Crippen MR) is 75.2 cm³/mol. The Morgan fingerprint density at radius 3 is 2.72 bits per heavy atom. The van der Waals surface area contributed by atoms with E-state index >= 15 is 0 Å². The Hall–Kier alpha value is -0.770. The minimum Gasteiger partial charge on any atom is -0.492 e. The normalized spacial score (nSPS) is 24.4. The SMILES string of the molecule is CC1(CN)CCN(CCOc2ccc(Cl)cc2)C1. The van der Waals surface area contributed by atoms with Gasteiger partial charge in [0.1, 0.15) is 12.4 Å². The first-order chi connectivity index (χ1) is 8.61. The Bertz CT molecular complexity index is 382. The molecule has 0 spiro atoms. The van der Waals surface area contributed by atoms with E-state index in [1.54, 1.807) is 0 Å². The van der Waals surface area contributed by atoms with Crippen molar-refractivity contribution in [2.45, 2.75) is 13.3 Å². The van der Waals surface area contributed by atoms with E-state index in [4.69, 9.17) is 22.1 Å². The van der Waals surface area contributed by atoms with Gasteiger partial charge in [-0.25, -0.2) is 0 Å². The van der Waals surface area contributed by atoms with Gasteiger partial charge in [0.25, 0.3) is 0 Å². The zero-order valence-electron chi connectivity index (χ0n) is 10.9. The largest absolute Gasteiger partial charge is 0.492 e. The molecule has 1 saturated heterocycles. The molecule has 0 saturated carbocycles. The zero-order valence-corrected chi connectivity index (χ0v) is 11.6. The molecular weight excluding hydrogens is 248 g/mol. The lowest BCUT2D eigenvalue weighted by atomic mass is 9.90. The van der Waals surface area contributed by atoms with Crippen LogP contribution < -0.4 is 10.5 Å². The van der Waals surface area contributed by atoms with E-state index in [-0.39, 0.29) is 0 Å². The molecule has 0 aromatic heterocycles. The van der Waals surface area contributed by atoms with Crippen LogP contribution in [-0.2, 0) is 0 Å². The maximum Gasteiger partial charge on any atom is 0.119 e. The van der Waals surface area contributed by atoms with Crippen LogP contribution in [0.5, 0.6) is 5.75 Å². The van der Waals surface area contributed by atoms with E-state index in [2.05, 4.69) is 11.8 Å². The third-order valence-corrected chi connectivity index (χ3v) is 3.87. The van der Waals surface area contributed by atoms with Crippen molar-refractivity contribution in [3.05, 3.63) is 29.3 Å². The molecule has 2 N–H and O–H groups in total. The van der Waals surface area contributed by atoms with E-state index in [0.717, 1.165) is 37.0 Å². The molecule has 1 heterocycles. The number of nitrogens with zero attached hydrogens (tertiary/aromatic N) is 1. The number of benzene rings is 1. The van der Waals surface area contributed by atoms with E-state index in [0.29, 0.717) is 12.0 Å². The molecule has 0 amide bonds. The van der Waals surface area contributed by atoms with Gasteiger partial charge in [-0.15, -0.1) is 0 Å².